The largest absolute Gasteiger partial charge is 0.480 e. The van der Waals surface area contributed by atoms with Gasteiger partial charge in [0.25, 0.3) is 0 Å². The van der Waals surface area contributed by atoms with E-state index in [2.05, 4.69) is 5.32 Å². The minimum absolute atomic E-state index is 0.375. The van der Waals surface area contributed by atoms with Crippen molar-refractivity contribution in [3.63, 3.8) is 0 Å². The lowest BCUT2D eigenvalue weighted by Gasteiger charge is -2.27. The highest BCUT2D eigenvalue weighted by atomic mass is 16.4. The summed E-state index contributed by atoms with van der Waals surface area (Å²) < 4.78 is 0. The van der Waals surface area contributed by atoms with Gasteiger partial charge in [-0.25, -0.2) is 9.59 Å². The first kappa shape index (κ1) is 18.2. The summed E-state index contributed by atoms with van der Waals surface area (Å²) in [4.78, 5) is 35.4. The van der Waals surface area contributed by atoms with Crippen LogP contribution < -0.4 is 11.1 Å². The standard InChI is InChI=1S/C13H25N3O4/c1-4-9(5-2)8-16(6-3)13(20)15-10(12(18)19)7-11(14)17/h9-10H,4-8H2,1-3H3,(H2,14,17)(H,15,20)(H,18,19). The maximum atomic E-state index is 12.0. The molecule has 0 bridgehead atoms. The number of carbonyl (C=O) groups excluding carboxylic acids is 2. The smallest absolute Gasteiger partial charge is 0.326 e. The minimum atomic E-state index is -1.28. The van der Waals surface area contributed by atoms with E-state index < -0.39 is 30.4 Å². The van der Waals surface area contributed by atoms with Crippen LogP contribution in [0, 0.1) is 5.92 Å². The van der Waals surface area contributed by atoms with Crippen LogP contribution in [0.5, 0.6) is 0 Å². The third kappa shape index (κ3) is 6.40. The van der Waals surface area contributed by atoms with Gasteiger partial charge < -0.3 is 21.1 Å². The number of hydrogen-bond donors (Lipinski definition) is 3. The molecule has 0 aliphatic carbocycles. The van der Waals surface area contributed by atoms with E-state index in [0.29, 0.717) is 19.0 Å². The van der Waals surface area contributed by atoms with Gasteiger partial charge in [-0.2, -0.15) is 0 Å². The molecule has 20 heavy (non-hydrogen) atoms. The lowest BCUT2D eigenvalue weighted by molar-refractivity contribution is -0.140. The number of nitrogens with zero attached hydrogens (tertiary/aromatic N) is 1. The van der Waals surface area contributed by atoms with Gasteiger partial charge >= 0.3 is 12.0 Å². The summed E-state index contributed by atoms with van der Waals surface area (Å²) in [5, 5.41) is 11.3. The highest BCUT2D eigenvalue weighted by Gasteiger charge is 2.25. The van der Waals surface area contributed by atoms with Crippen LogP contribution >= 0.6 is 0 Å². The third-order valence-electron chi connectivity index (χ3n) is 3.30. The quantitative estimate of drug-likeness (QED) is 0.581. The van der Waals surface area contributed by atoms with Crippen molar-refractivity contribution >= 4 is 17.9 Å². The second kappa shape index (κ2) is 9.17. The molecule has 0 spiro atoms. The Balaban J connectivity index is 4.65. The van der Waals surface area contributed by atoms with E-state index in [4.69, 9.17) is 10.8 Å². The molecule has 116 valence electrons. The van der Waals surface area contributed by atoms with E-state index in [-0.39, 0.29) is 0 Å². The second-order valence-electron chi connectivity index (χ2n) is 4.73. The summed E-state index contributed by atoms with van der Waals surface area (Å²) in [5.74, 6) is -1.66. The molecule has 1 atom stereocenters. The van der Waals surface area contributed by atoms with Gasteiger partial charge in [0.2, 0.25) is 5.91 Å². The molecular formula is C13H25N3O4. The minimum Gasteiger partial charge on any atom is -0.480 e. The van der Waals surface area contributed by atoms with Gasteiger partial charge in [-0.3, -0.25) is 4.79 Å². The number of nitrogens with two attached hydrogens (primary N) is 1. The van der Waals surface area contributed by atoms with Crippen LogP contribution in [0.2, 0.25) is 0 Å². The Labute approximate surface area is 119 Å². The van der Waals surface area contributed by atoms with Crippen molar-refractivity contribution in [1.29, 1.82) is 0 Å². The average Bonchev–Trinajstić information content (AvgIpc) is 2.38. The fourth-order valence-corrected chi connectivity index (χ4v) is 1.86. The zero-order valence-electron chi connectivity index (χ0n) is 12.4. The highest BCUT2D eigenvalue weighted by molar-refractivity contribution is 5.87. The van der Waals surface area contributed by atoms with Gasteiger partial charge in [0.05, 0.1) is 6.42 Å². The van der Waals surface area contributed by atoms with E-state index in [1.165, 1.54) is 0 Å². The normalized spacial score (nSPS) is 12.0. The molecular weight excluding hydrogens is 262 g/mol. The topological polar surface area (TPSA) is 113 Å². The molecule has 0 aliphatic heterocycles. The maximum Gasteiger partial charge on any atom is 0.326 e. The Bertz CT molecular complexity index is 343. The van der Waals surface area contributed by atoms with Gasteiger partial charge in [0.1, 0.15) is 6.04 Å². The van der Waals surface area contributed by atoms with Gasteiger partial charge in [0.15, 0.2) is 0 Å². The molecule has 0 saturated heterocycles. The highest BCUT2D eigenvalue weighted by Crippen LogP contribution is 2.10. The number of nitrogens with one attached hydrogen (secondary N) is 1. The molecule has 0 saturated carbocycles. The van der Waals surface area contributed by atoms with Gasteiger partial charge in [-0.15, -0.1) is 0 Å². The number of carbonyl (C=O) groups is 3. The van der Waals surface area contributed by atoms with Crippen molar-refractivity contribution in [2.24, 2.45) is 11.7 Å². The molecule has 4 N–H and O–H groups in total. The number of primary amides is 1. The summed E-state index contributed by atoms with van der Waals surface area (Å²) in [6.45, 7) is 6.97. The molecule has 1 unspecified atom stereocenters. The lowest BCUT2D eigenvalue weighted by atomic mass is 10.0. The van der Waals surface area contributed by atoms with Crippen molar-refractivity contribution in [2.75, 3.05) is 13.1 Å². The molecule has 0 rings (SSSR count). The fourth-order valence-electron chi connectivity index (χ4n) is 1.86. The number of hydrogen-bond acceptors (Lipinski definition) is 3. The van der Waals surface area contributed by atoms with Crippen molar-refractivity contribution in [1.82, 2.24) is 10.2 Å². The predicted octanol–water partition coefficient (Wildman–Crippen LogP) is 0.783. The van der Waals surface area contributed by atoms with Gasteiger partial charge in [-0.05, 0) is 12.8 Å². The van der Waals surface area contributed by atoms with Crippen LogP contribution in [0.1, 0.15) is 40.0 Å². The Morgan fingerprint density at radius 1 is 1.20 bits per heavy atom. The van der Waals surface area contributed by atoms with Crippen LogP contribution in [0.4, 0.5) is 4.79 Å². The summed E-state index contributed by atoms with van der Waals surface area (Å²) in [5.41, 5.74) is 4.97. The van der Waals surface area contributed by atoms with Gasteiger partial charge in [-0.1, -0.05) is 26.7 Å². The summed E-state index contributed by atoms with van der Waals surface area (Å²) in [6, 6.07) is -1.76. The predicted molar refractivity (Wildman–Crippen MR) is 75.1 cm³/mol. The third-order valence-corrected chi connectivity index (χ3v) is 3.30. The fraction of sp³-hybridized carbons (Fsp3) is 0.769. The molecule has 0 radical (unpaired) electrons. The molecule has 0 aromatic heterocycles. The van der Waals surface area contributed by atoms with Crippen LogP contribution in [-0.4, -0.2) is 47.0 Å². The summed E-state index contributed by atoms with van der Waals surface area (Å²) in [6.07, 6.45) is 1.48. The molecule has 0 aliphatic rings. The molecule has 3 amide bonds. The zero-order chi connectivity index (χ0) is 15.7. The SMILES string of the molecule is CCC(CC)CN(CC)C(=O)NC(CC(N)=O)C(=O)O. The number of aliphatic carboxylic acids is 1. The van der Waals surface area contributed by atoms with Crippen LogP contribution in [0.25, 0.3) is 0 Å². The van der Waals surface area contributed by atoms with E-state index in [1.54, 1.807) is 4.90 Å². The zero-order valence-corrected chi connectivity index (χ0v) is 12.4. The van der Waals surface area contributed by atoms with Crippen molar-refractivity contribution < 1.29 is 19.5 Å². The number of rotatable bonds is 9. The van der Waals surface area contributed by atoms with E-state index >= 15 is 0 Å². The number of urea groups is 1. The van der Waals surface area contributed by atoms with Crippen molar-refractivity contribution in [3.05, 3.63) is 0 Å². The lowest BCUT2D eigenvalue weighted by Crippen LogP contribution is -2.50. The van der Waals surface area contributed by atoms with Crippen LogP contribution in [0.15, 0.2) is 0 Å². The average molecular weight is 287 g/mol. The summed E-state index contributed by atoms with van der Waals surface area (Å²) in [7, 11) is 0. The Kier molecular flexibility index (Phi) is 8.35. The maximum absolute atomic E-state index is 12.0. The van der Waals surface area contributed by atoms with E-state index in [0.717, 1.165) is 12.8 Å². The first-order valence-electron chi connectivity index (χ1n) is 6.92. The Morgan fingerprint density at radius 3 is 2.10 bits per heavy atom. The first-order valence-corrected chi connectivity index (χ1v) is 6.92. The van der Waals surface area contributed by atoms with E-state index in [1.807, 2.05) is 20.8 Å². The monoisotopic (exact) mass is 287 g/mol. The van der Waals surface area contributed by atoms with Crippen LogP contribution in [0.3, 0.4) is 0 Å². The Hall–Kier alpha value is -1.79. The van der Waals surface area contributed by atoms with Crippen molar-refractivity contribution in [3.8, 4) is 0 Å². The number of carboxylic acids is 1. The molecule has 0 heterocycles. The van der Waals surface area contributed by atoms with Crippen LogP contribution in [-0.2, 0) is 9.59 Å². The van der Waals surface area contributed by atoms with Gasteiger partial charge in [0, 0.05) is 13.1 Å². The first-order chi connectivity index (χ1) is 9.35. The number of amides is 3. The molecule has 0 aromatic carbocycles. The number of carboxylic acid groups (broad SMARTS) is 1. The Morgan fingerprint density at radius 2 is 1.75 bits per heavy atom. The second-order valence-corrected chi connectivity index (χ2v) is 4.73. The molecule has 0 aromatic rings. The molecule has 7 nitrogen and oxygen atoms in total. The molecule has 7 heteroatoms. The van der Waals surface area contributed by atoms with E-state index in [9.17, 15) is 14.4 Å². The van der Waals surface area contributed by atoms with Crippen molar-refractivity contribution in [2.45, 2.75) is 46.1 Å². The molecule has 0 fully saturated rings. The summed E-state index contributed by atoms with van der Waals surface area (Å²) >= 11 is 0.